The quantitative estimate of drug-likeness (QED) is 0.327. The smallest absolute Gasteiger partial charge is 0.350 e. The second-order valence-electron chi connectivity index (χ2n) is 6.99. The number of hydrogen-bond acceptors (Lipinski definition) is 6. The molecule has 0 fully saturated rings. The maximum absolute atomic E-state index is 12.2. The minimum atomic E-state index is -0.615. The molecule has 1 atom stereocenters. The third-order valence-corrected chi connectivity index (χ3v) is 5.25. The van der Waals surface area contributed by atoms with Gasteiger partial charge in [-0.25, -0.2) is 9.78 Å². The zero-order chi connectivity index (χ0) is 21.3. The highest BCUT2D eigenvalue weighted by Gasteiger charge is 2.27. The van der Waals surface area contributed by atoms with Gasteiger partial charge in [0.05, 0.1) is 30.3 Å². The predicted molar refractivity (Wildman–Crippen MR) is 113 cm³/mol. The number of nitrogens with one attached hydrogen (secondary N) is 3. The van der Waals surface area contributed by atoms with E-state index in [-0.39, 0.29) is 17.9 Å². The van der Waals surface area contributed by atoms with Crippen LogP contribution in [-0.4, -0.2) is 49.1 Å². The Balaban J connectivity index is 2.90. The van der Waals surface area contributed by atoms with Gasteiger partial charge in [0.1, 0.15) is 9.88 Å². The van der Waals surface area contributed by atoms with E-state index in [4.69, 9.17) is 4.74 Å². The molecule has 1 aromatic heterocycles. The van der Waals surface area contributed by atoms with Crippen molar-refractivity contribution in [2.24, 2.45) is 10.4 Å². The van der Waals surface area contributed by atoms with Crippen LogP contribution in [0.2, 0.25) is 0 Å². The Labute approximate surface area is 171 Å². The van der Waals surface area contributed by atoms with Crippen molar-refractivity contribution in [3.63, 3.8) is 0 Å². The molecule has 28 heavy (non-hydrogen) atoms. The second-order valence-corrected chi connectivity index (χ2v) is 8.02. The van der Waals surface area contributed by atoms with Crippen molar-refractivity contribution in [3.05, 3.63) is 15.6 Å². The number of rotatable bonds is 9. The normalized spacial score (nSPS) is 13.0. The van der Waals surface area contributed by atoms with E-state index in [1.54, 1.807) is 13.8 Å². The second kappa shape index (κ2) is 11.0. The van der Waals surface area contributed by atoms with Crippen LogP contribution in [0.3, 0.4) is 0 Å². The molecule has 0 aliphatic heterocycles. The molecule has 9 heteroatoms. The van der Waals surface area contributed by atoms with Gasteiger partial charge in [-0.2, -0.15) is 0 Å². The van der Waals surface area contributed by atoms with Gasteiger partial charge in [-0.15, -0.1) is 11.3 Å². The van der Waals surface area contributed by atoms with E-state index in [0.29, 0.717) is 42.8 Å². The topological polar surface area (TPSA) is 105 Å². The number of nitrogens with zero attached hydrogens (tertiary/aromatic N) is 2. The highest BCUT2D eigenvalue weighted by atomic mass is 32.1. The Morgan fingerprint density at radius 3 is 2.43 bits per heavy atom. The minimum absolute atomic E-state index is 0.0303. The summed E-state index contributed by atoms with van der Waals surface area (Å²) in [5.41, 5.74) is 0.0441. The molecule has 3 N–H and O–H groups in total. The van der Waals surface area contributed by atoms with Crippen molar-refractivity contribution in [2.75, 3.05) is 26.2 Å². The predicted octanol–water partition coefficient (Wildman–Crippen LogP) is 2.41. The molecule has 158 valence electrons. The first kappa shape index (κ1) is 23.9. The standard InChI is InChI=1S/C19H33N5O3S/c1-8-20-17(26)19(6,7)11-22-18(21-9-2)24-13(5)15-23-12(4)14(28-15)16(25)27-10-3/h13H,8-11H2,1-7H3,(H,20,26)(H2,21,22,24). The Morgan fingerprint density at radius 1 is 1.21 bits per heavy atom. The summed E-state index contributed by atoms with van der Waals surface area (Å²) in [4.78, 5) is 33.8. The van der Waals surface area contributed by atoms with Crippen LogP contribution in [0, 0.1) is 12.3 Å². The average molecular weight is 412 g/mol. The molecule has 0 bridgehead atoms. The van der Waals surface area contributed by atoms with Crippen LogP contribution in [0.15, 0.2) is 4.99 Å². The van der Waals surface area contributed by atoms with Crippen LogP contribution in [-0.2, 0) is 9.53 Å². The van der Waals surface area contributed by atoms with E-state index in [2.05, 4.69) is 25.9 Å². The summed E-state index contributed by atoms with van der Waals surface area (Å²) >= 11 is 1.32. The van der Waals surface area contributed by atoms with Gasteiger partial charge >= 0.3 is 5.97 Å². The van der Waals surface area contributed by atoms with Crippen molar-refractivity contribution < 1.29 is 14.3 Å². The van der Waals surface area contributed by atoms with Gasteiger partial charge in [-0.05, 0) is 48.5 Å². The van der Waals surface area contributed by atoms with Gasteiger partial charge in [0.25, 0.3) is 0 Å². The molecule has 1 amide bonds. The number of thiazole rings is 1. The molecular weight excluding hydrogens is 378 g/mol. The Kier molecular flexibility index (Phi) is 9.37. The number of carbonyl (C=O) groups is 2. The van der Waals surface area contributed by atoms with Crippen LogP contribution in [0.4, 0.5) is 0 Å². The molecule has 1 heterocycles. The van der Waals surface area contributed by atoms with Crippen LogP contribution in [0.1, 0.15) is 68.0 Å². The van der Waals surface area contributed by atoms with Gasteiger partial charge in [0.2, 0.25) is 5.91 Å². The average Bonchev–Trinajstić information content (AvgIpc) is 3.02. The lowest BCUT2D eigenvalue weighted by molar-refractivity contribution is -0.128. The minimum Gasteiger partial charge on any atom is -0.462 e. The summed E-state index contributed by atoms with van der Waals surface area (Å²) in [6, 6.07) is -0.155. The van der Waals surface area contributed by atoms with Crippen LogP contribution in [0.5, 0.6) is 0 Å². The Bertz CT molecular complexity index is 700. The van der Waals surface area contributed by atoms with Crippen LogP contribution < -0.4 is 16.0 Å². The van der Waals surface area contributed by atoms with Crippen molar-refractivity contribution >= 4 is 29.2 Å². The van der Waals surface area contributed by atoms with Gasteiger partial charge < -0.3 is 20.7 Å². The number of aromatic nitrogens is 1. The monoisotopic (exact) mass is 411 g/mol. The zero-order valence-electron chi connectivity index (χ0n) is 17.9. The number of amides is 1. The number of aliphatic imine (C=N–C) groups is 1. The first-order valence-electron chi connectivity index (χ1n) is 9.63. The lowest BCUT2D eigenvalue weighted by Gasteiger charge is -2.22. The van der Waals surface area contributed by atoms with Gasteiger partial charge in [0.15, 0.2) is 5.96 Å². The first-order valence-corrected chi connectivity index (χ1v) is 10.4. The summed E-state index contributed by atoms with van der Waals surface area (Å²) in [5, 5.41) is 10.1. The van der Waals surface area contributed by atoms with Crippen molar-refractivity contribution in [1.82, 2.24) is 20.9 Å². The Morgan fingerprint density at radius 2 is 1.86 bits per heavy atom. The first-order chi connectivity index (χ1) is 13.2. The number of carbonyl (C=O) groups excluding carboxylic acids is 2. The summed E-state index contributed by atoms with van der Waals surface area (Å²) in [6.45, 7) is 15.1. The van der Waals surface area contributed by atoms with Gasteiger partial charge in [-0.1, -0.05) is 0 Å². The molecule has 1 unspecified atom stereocenters. The zero-order valence-corrected chi connectivity index (χ0v) is 18.7. The van der Waals surface area contributed by atoms with Gasteiger partial charge in [0, 0.05) is 13.1 Å². The molecule has 0 aliphatic rings. The van der Waals surface area contributed by atoms with Crippen molar-refractivity contribution in [2.45, 2.75) is 54.5 Å². The molecule has 0 saturated carbocycles. The summed E-state index contributed by atoms with van der Waals surface area (Å²) in [7, 11) is 0. The lowest BCUT2D eigenvalue weighted by Crippen LogP contribution is -2.42. The number of ether oxygens (including phenoxy) is 1. The molecule has 0 saturated heterocycles. The summed E-state index contributed by atoms with van der Waals surface area (Å²) in [6.07, 6.45) is 0. The molecular formula is C19H33N5O3S. The third kappa shape index (κ3) is 6.78. The van der Waals surface area contributed by atoms with E-state index in [0.717, 1.165) is 5.01 Å². The van der Waals surface area contributed by atoms with Crippen molar-refractivity contribution in [1.29, 1.82) is 0 Å². The number of esters is 1. The molecule has 0 spiro atoms. The maximum Gasteiger partial charge on any atom is 0.350 e. The number of hydrogen-bond donors (Lipinski definition) is 3. The fraction of sp³-hybridized carbons (Fsp3) is 0.684. The highest BCUT2D eigenvalue weighted by Crippen LogP contribution is 2.24. The lowest BCUT2D eigenvalue weighted by atomic mass is 9.92. The maximum atomic E-state index is 12.2. The molecule has 0 aliphatic carbocycles. The summed E-state index contributed by atoms with van der Waals surface area (Å²) in [5.74, 6) is 0.218. The largest absolute Gasteiger partial charge is 0.462 e. The van der Waals surface area contributed by atoms with Gasteiger partial charge in [-0.3, -0.25) is 9.79 Å². The van der Waals surface area contributed by atoms with E-state index < -0.39 is 5.41 Å². The van der Waals surface area contributed by atoms with E-state index in [1.165, 1.54) is 11.3 Å². The van der Waals surface area contributed by atoms with Crippen LogP contribution >= 0.6 is 11.3 Å². The number of guanidine groups is 1. The molecule has 0 aromatic carbocycles. The van der Waals surface area contributed by atoms with E-state index in [9.17, 15) is 9.59 Å². The van der Waals surface area contributed by atoms with E-state index in [1.807, 2.05) is 34.6 Å². The Hall–Kier alpha value is -2.16. The summed E-state index contributed by atoms with van der Waals surface area (Å²) < 4.78 is 5.08. The molecule has 1 rings (SSSR count). The third-order valence-electron chi connectivity index (χ3n) is 3.93. The van der Waals surface area contributed by atoms with E-state index >= 15 is 0 Å². The SMILES string of the molecule is CCNC(=O)C(C)(C)CN=C(NCC)NC(C)c1nc(C)c(C(=O)OCC)s1. The van der Waals surface area contributed by atoms with Crippen LogP contribution in [0.25, 0.3) is 0 Å². The fourth-order valence-corrected chi connectivity index (χ4v) is 3.29. The number of aryl methyl sites for hydroxylation is 1. The molecule has 0 radical (unpaired) electrons. The van der Waals surface area contributed by atoms with Crippen molar-refractivity contribution in [3.8, 4) is 0 Å². The highest BCUT2D eigenvalue weighted by molar-refractivity contribution is 7.13. The fourth-order valence-electron chi connectivity index (χ4n) is 2.32. The molecule has 8 nitrogen and oxygen atoms in total. The molecule has 1 aromatic rings.